The van der Waals surface area contributed by atoms with Crippen LogP contribution in [0.1, 0.15) is 0 Å². The highest BCUT2D eigenvalue weighted by Crippen LogP contribution is 2.28. The standard InChI is InChI=1S/C15H11N5O/c16-11-7-3-1-5-9(11)14-17-15(21-20-14)13-10-6-2-4-8-12(10)18-19-13/h1-8H,16H2,(H,18,19). The van der Waals surface area contributed by atoms with Crippen molar-refractivity contribution >= 4 is 16.6 Å². The SMILES string of the molecule is Nc1ccccc1-c1noc(-c2n[nH]c3ccccc23)n1. The van der Waals surface area contributed by atoms with Crippen LogP contribution in [0.5, 0.6) is 0 Å². The summed E-state index contributed by atoms with van der Waals surface area (Å²) in [4.78, 5) is 4.39. The summed E-state index contributed by atoms with van der Waals surface area (Å²) in [6, 6.07) is 15.2. The molecule has 4 rings (SSSR count). The quantitative estimate of drug-likeness (QED) is 0.549. The maximum Gasteiger partial charge on any atom is 0.279 e. The number of hydrogen-bond acceptors (Lipinski definition) is 5. The van der Waals surface area contributed by atoms with Crippen LogP contribution in [-0.4, -0.2) is 20.3 Å². The summed E-state index contributed by atoms with van der Waals surface area (Å²) in [6.07, 6.45) is 0. The number of nitrogens with two attached hydrogens (primary N) is 1. The number of para-hydroxylation sites is 2. The molecule has 0 aliphatic carbocycles. The molecule has 0 spiro atoms. The third-order valence-electron chi connectivity index (χ3n) is 3.30. The Bertz CT molecular complexity index is 924. The van der Waals surface area contributed by atoms with Gasteiger partial charge in [0.05, 0.1) is 5.52 Å². The fourth-order valence-corrected chi connectivity index (χ4v) is 2.26. The number of nitrogen functional groups attached to an aromatic ring is 1. The molecule has 0 aliphatic heterocycles. The van der Waals surface area contributed by atoms with Crippen molar-refractivity contribution in [3.05, 3.63) is 48.5 Å². The zero-order valence-corrected chi connectivity index (χ0v) is 10.9. The van der Waals surface area contributed by atoms with Crippen LogP contribution in [-0.2, 0) is 0 Å². The summed E-state index contributed by atoms with van der Waals surface area (Å²) >= 11 is 0. The Morgan fingerprint density at radius 1 is 1.00 bits per heavy atom. The first-order chi connectivity index (χ1) is 10.3. The van der Waals surface area contributed by atoms with Gasteiger partial charge in [-0.25, -0.2) is 0 Å². The molecule has 0 bridgehead atoms. The number of aromatic nitrogens is 4. The van der Waals surface area contributed by atoms with E-state index in [1.807, 2.05) is 42.5 Å². The molecule has 3 N–H and O–H groups in total. The molecule has 0 saturated heterocycles. The van der Waals surface area contributed by atoms with Crippen molar-refractivity contribution in [3.8, 4) is 23.0 Å². The lowest BCUT2D eigenvalue weighted by molar-refractivity contribution is 0.431. The maximum absolute atomic E-state index is 5.93. The lowest BCUT2D eigenvalue weighted by Crippen LogP contribution is -1.90. The van der Waals surface area contributed by atoms with Gasteiger partial charge in [-0.2, -0.15) is 10.1 Å². The number of H-pyrrole nitrogens is 1. The Hall–Kier alpha value is -3.15. The Balaban J connectivity index is 1.83. The van der Waals surface area contributed by atoms with Crippen LogP contribution in [0.15, 0.2) is 53.1 Å². The Labute approximate surface area is 119 Å². The number of hydrogen-bond donors (Lipinski definition) is 2. The summed E-state index contributed by atoms with van der Waals surface area (Å²) in [5.74, 6) is 0.820. The molecule has 102 valence electrons. The molecule has 21 heavy (non-hydrogen) atoms. The van der Waals surface area contributed by atoms with Gasteiger partial charge in [0.1, 0.15) is 0 Å². The van der Waals surface area contributed by atoms with Crippen molar-refractivity contribution in [3.63, 3.8) is 0 Å². The minimum atomic E-state index is 0.366. The molecule has 6 nitrogen and oxygen atoms in total. The number of fused-ring (bicyclic) bond motifs is 1. The molecule has 2 aromatic carbocycles. The van der Waals surface area contributed by atoms with Crippen LogP contribution in [0.25, 0.3) is 33.9 Å². The van der Waals surface area contributed by atoms with Gasteiger partial charge in [-0.3, -0.25) is 5.10 Å². The van der Waals surface area contributed by atoms with E-state index in [4.69, 9.17) is 10.3 Å². The first-order valence-corrected chi connectivity index (χ1v) is 6.45. The van der Waals surface area contributed by atoms with Gasteiger partial charge in [0, 0.05) is 16.6 Å². The average Bonchev–Trinajstić information content (AvgIpc) is 3.14. The fraction of sp³-hybridized carbons (Fsp3) is 0. The first-order valence-electron chi connectivity index (χ1n) is 6.45. The van der Waals surface area contributed by atoms with Gasteiger partial charge in [0.15, 0.2) is 5.69 Å². The van der Waals surface area contributed by atoms with Gasteiger partial charge in [-0.05, 0) is 18.2 Å². The number of nitrogens with one attached hydrogen (secondary N) is 1. The van der Waals surface area contributed by atoms with Gasteiger partial charge in [-0.1, -0.05) is 35.5 Å². The summed E-state index contributed by atoms with van der Waals surface area (Å²) in [5.41, 5.74) is 8.84. The molecule has 2 heterocycles. The lowest BCUT2D eigenvalue weighted by Gasteiger charge is -1.97. The molecular formula is C15H11N5O. The van der Waals surface area contributed by atoms with Crippen molar-refractivity contribution in [2.45, 2.75) is 0 Å². The van der Waals surface area contributed by atoms with Crippen LogP contribution in [0.3, 0.4) is 0 Å². The van der Waals surface area contributed by atoms with E-state index in [1.54, 1.807) is 6.07 Å². The summed E-state index contributed by atoms with van der Waals surface area (Å²) < 4.78 is 5.33. The highest BCUT2D eigenvalue weighted by Gasteiger charge is 2.16. The van der Waals surface area contributed by atoms with E-state index >= 15 is 0 Å². The Morgan fingerprint density at radius 3 is 2.71 bits per heavy atom. The summed E-state index contributed by atoms with van der Waals surface area (Å²) in [7, 11) is 0. The predicted octanol–water partition coefficient (Wildman–Crippen LogP) is 2.86. The molecule has 6 heteroatoms. The fourth-order valence-electron chi connectivity index (χ4n) is 2.26. The van der Waals surface area contributed by atoms with Crippen LogP contribution in [0.4, 0.5) is 5.69 Å². The summed E-state index contributed by atoms with van der Waals surface area (Å²) in [5, 5.41) is 12.1. The van der Waals surface area contributed by atoms with E-state index in [9.17, 15) is 0 Å². The molecule has 0 aliphatic rings. The van der Waals surface area contributed by atoms with E-state index in [1.165, 1.54) is 0 Å². The average molecular weight is 277 g/mol. The minimum absolute atomic E-state index is 0.366. The van der Waals surface area contributed by atoms with Crippen LogP contribution >= 0.6 is 0 Å². The molecule has 0 fully saturated rings. The van der Waals surface area contributed by atoms with E-state index in [-0.39, 0.29) is 0 Å². The molecular weight excluding hydrogens is 266 g/mol. The lowest BCUT2D eigenvalue weighted by atomic mass is 10.2. The topological polar surface area (TPSA) is 93.6 Å². The largest absolute Gasteiger partial charge is 0.398 e. The van der Waals surface area contributed by atoms with Crippen LogP contribution in [0.2, 0.25) is 0 Å². The molecule has 0 amide bonds. The number of benzene rings is 2. The second kappa shape index (κ2) is 4.45. The molecule has 0 radical (unpaired) electrons. The number of nitrogens with zero attached hydrogens (tertiary/aromatic N) is 3. The van der Waals surface area contributed by atoms with E-state index in [0.717, 1.165) is 16.5 Å². The van der Waals surface area contributed by atoms with Gasteiger partial charge in [0.25, 0.3) is 5.89 Å². The van der Waals surface area contributed by atoms with Gasteiger partial charge in [0.2, 0.25) is 5.82 Å². The highest BCUT2D eigenvalue weighted by atomic mass is 16.5. The zero-order chi connectivity index (χ0) is 14.2. The molecule has 0 atom stereocenters. The number of aromatic amines is 1. The predicted molar refractivity (Wildman–Crippen MR) is 79.2 cm³/mol. The van der Waals surface area contributed by atoms with Crippen molar-refractivity contribution in [1.82, 2.24) is 20.3 Å². The third kappa shape index (κ3) is 1.85. The monoisotopic (exact) mass is 277 g/mol. The van der Waals surface area contributed by atoms with Crippen LogP contribution in [0, 0.1) is 0 Å². The van der Waals surface area contributed by atoms with Crippen molar-refractivity contribution < 1.29 is 4.52 Å². The molecule has 2 aromatic heterocycles. The molecule has 0 unspecified atom stereocenters. The Kier molecular flexibility index (Phi) is 2.47. The number of anilines is 1. The highest BCUT2D eigenvalue weighted by molar-refractivity contribution is 5.90. The van der Waals surface area contributed by atoms with Gasteiger partial charge < -0.3 is 10.3 Å². The third-order valence-corrected chi connectivity index (χ3v) is 3.30. The van der Waals surface area contributed by atoms with Gasteiger partial charge >= 0.3 is 0 Å². The van der Waals surface area contributed by atoms with Crippen LogP contribution < -0.4 is 5.73 Å². The van der Waals surface area contributed by atoms with Crippen molar-refractivity contribution in [1.29, 1.82) is 0 Å². The second-order valence-corrected chi connectivity index (χ2v) is 4.63. The maximum atomic E-state index is 5.93. The minimum Gasteiger partial charge on any atom is -0.398 e. The van der Waals surface area contributed by atoms with E-state index in [0.29, 0.717) is 23.1 Å². The van der Waals surface area contributed by atoms with Gasteiger partial charge in [-0.15, -0.1) is 0 Å². The molecule has 0 saturated carbocycles. The van der Waals surface area contributed by atoms with Crippen molar-refractivity contribution in [2.75, 3.05) is 5.73 Å². The Morgan fingerprint density at radius 2 is 1.81 bits per heavy atom. The first kappa shape index (κ1) is 11.7. The van der Waals surface area contributed by atoms with E-state index in [2.05, 4.69) is 20.3 Å². The van der Waals surface area contributed by atoms with E-state index < -0.39 is 0 Å². The van der Waals surface area contributed by atoms with Crippen molar-refractivity contribution in [2.24, 2.45) is 0 Å². The second-order valence-electron chi connectivity index (χ2n) is 4.63. The summed E-state index contributed by atoms with van der Waals surface area (Å²) in [6.45, 7) is 0. The smallest absolute Gasteiger partial charge is 0.279 e. The number of rotatable bonds is 2. The molecule has 4 aromatic rings. The zero-order valence-electron chi connectivity index (χ0n) is 10.9. The normalized spacial score (nSPS) is 11.0.